The molecule has 2 fully saturated rings. The van der Waals surface area contributed by atoms with E-state index in [9.17, 15) is 13.2 Å². The second kappa shape index (κ2) is 12.8. The van der Waals surface area contributed by atoms with Crippen molar-refractivity contribution in [3.63, 3.8) is 0 Å². The van der Waals surface area contributed by atoms with Gasteiger partial charge in [-0.1, -0.05) is 12.1 Å². The van der Waals surface area contributed by atoms with Crippen LogP contribution in [0.2, 0.25) is 0 Å². The number of hydrogen-bond acceptors (Lipinski definition) is 8. The molecule has 2 saturated heterocycles. The van der Waals surface area contributed by atoms with Crippen LogP contribution in [-0.2, 0) is 16.4 Å². The van der Waals surface area contributed by atoms with E-state index in [4.69, 9.17) is 10.00 Å². The molecule has 2 aromatic carbocycles. The number of ketones is 1. The summed E-state index contributed by atoms with van der Waals surface area (Å²) in [7, 11) is -3.22. The Morgan fingerprint density at radius 3 is 2.22 bits per heavy atom. The zero-order valence-electron chi connectivity index (χ0n) is 23.4. The smallest absolute Gasteiger partial charge is 0.175 e. The molecule has 0 saturated carbocycles. The van der Waals surface area contributed by atoms with E-state index in [1.54, 1.807) is 30.5 Å². The fraction of sp³-hybridized carbons (Fsp3) is 0.406. The highest BCUT2D eigenvalue weighted by atomic mass is 32.2. The molecule has 0 atom stereocenters. The number of nitriles is 1. The molecule has 0 unspecified atom stereocenters. The first-order valence-corrected chi connectivity index (χ1v) is 16.1. The lowest BCUT2D eigenvalue weighted by Crippen LogP contribution is -2.38. The highest BCUT2D eigenvalue weighted by Gasteiger charge is 2.24. The summed E-state index contributed by atoms with van der Waals surface area (Å²) in [6.07, 6.45) is 7.20. The van der Waals surface area contributed by atoms with E-state index in [1.165, 1.54) is 11.8 Å². The molecule has 0 N–H and O–H groups in total. The van der Waals surface area contributed by atoms with E-state index in [0.29, 0.717) is 29.2 Å². The van der Waals surface area contributed by atoms with Crippen molar-refractivity contribution < 1.29 is 17.9 Å². The van der Waals surface area contributed by atoms with Crippen LogP contribution in [-0.4, -0.2) is 62.6 Å². The van der Waals surface area contributed by atoms with Gasteiger partial charge in [-0.15, -0.1) is 0 Å². The number of nitrogens with zero attached hydrogens (tertiary/aromatic N) is 4. The lowest BCUT2D eigenvalue weighted by atomic mass is 9.90. The molecule has 8 nitrogen and oxygen atoms in total. The van der Waals surface area contributed by atoms with Crippen LogP contribution in [0, 0.1) is 17.2 Å². The van der Waals surface area contributed by atoms with E-state index in [0.717, 1.165) is 64.2 Å². The maximum atomic E-state index is 13.0. The first-order valence-electron chi connectivity index (χ1n) is 14.2. The molecule has 0 aliphatic carbocycles. The number of hydrogen-bond donors (Lipinski definition) is 0. The Kier molecular flexibility index (Phi) is 9.01. The largest absolute Gasteiger partial charge is 0.490 e. The zero-order valence-corrected chi connectivity index (χ0v) is 24.2. The predicted molar refractivity (Wildman–Crippen MR) is 158 cm³/mol. The molecule has 5 rings (SSSR count). The molecule has 2 aliphatic heterocycles. The number of Topliss-reactive ketones (excluding diaryl/α,β-unsaturated/α-hetero) is 1. The highest BCUT2D eigenvalue weighted by molar-refractivity contribution is 7.90. The van der Waals surface area contributed by atoms with E-state index in [-0.39, 0.29) is 16.8 Å². The SMILES string of the molecule is CS(=O)(=O)c1ccc(OC2CCN(c3ccc(C(=O)CC4CCN(Cc5ccc(C#N)cc5)CC4)cn3)CC2)cc1. The van der Waals surface area contributed by atoms with Crippen LogP contribution in [0.4, 0.5) is 5.82 Å². The van der Waals surface area contributed by atoms with Crippen LogP contribution < -0.4 is 9.64 Å². The van der Waals surface area contributed by atoms with Gasteiger partial charge in [0.25, 0.3) is 0 Å². The fourth-order valence-electron chi connectivity index (χ4n) is 5.57. The number of pyridine rings is 1. The first-order chi connectivity index (χ1) is 19.8. The Bertz CT molecular complexity index is 1470. The Morgan fingerprint density at radius 2 is 1.63 bits per heavy atom. The van der Waals surface area contributed by atoms with Gasteiger partial charge in [-0.25, -0.2) is 13.4 Å². The third-order valence-corrected chi connectivity index (χ3v) is 9.19. The van der Waals surface area contributed by atoms with Gasteiger partial charge in [-0.2, -0.15) is 5.26 Å². The number of ether oxygens (including phenoxy) is 1. The molecule has 0 bridgehead atoms. The van der Waals surface area contributed by atoms with Crippen molar-refractivity contribution in [2.24, 2.45) is 5.92 Å². The highest BCUT2D eigenvalue weighted by Crippen LogP contribution is 2.26. The Labute approximate surface area is 242 Å². The van der Waals surface area contributed by atoms with Gasteiger partial charge in [0.2, 0.25) is 0 Å². The molecular formula is C32H36N4O4S. The maximum absolute atomic E-state index is 13.0. The summed E-state index contributed by atoms with van der Waals surface area (Å²) in [6.45, 7) is 4.42. The monoisotopic (exact) mass is 572 g/mol. The third-order valence-electron chi connectivity index (χ3n) is 8.06. The van der Waals surface area contributed by atoms with Gasteiger partial charge >= 0.3 is 0 Å². The number of carbonyl (C=O) groups excluding carboxylic acids is 1. The number of piperidine rings is 2. The summed E-state index contributed by atoms with van der Waals surface area (Å²) < 4.78 is 29.4. The van der Waals surface area contributed by atoms with Gasteiger partial charge < -0.3 is 9.64 Å². The van der Waals surface area contributed by atoms with Crippen LogP contribution in [0.5, 0.6) is 5.75 Å². The van der Waals surface area contributed by atoms with Gasteiger partial charge in [0.05, 0.1) is 16.5 Å². The van der Waals surface area contributed by atoms with E-state index in [2.05, 4.69) is 20.9 Å². The lowest BCUT2D eigenvalue weighted by Gasteiger charge is -2.33. The van der Waals surface area contributed by atoms with Gasteiger partial charge in [-0.3, -0.25) is 9.69 Å². The second-order valence-electron chi connectivity index (χ2n) is 11.1. The summed E-state index contributed by atoms with van der Waals surface area (Å²) >= 11 is 0. The van der Waals surface area contributed by atoms with Crippen molar-refractivity contribution in [1.82, 2.24) is 9.88 Å². The van der Waals surface area contributed by atoms with Crippen LogP contribution in [0.25, 0.3) is 0 Å². The van der Waals surface area contributed by atoms with Crippen molar-refractivity contribution >= 4 is 21.4 Å². The van der Waals surface area contributed by atoms with E-state index >= 15 is 0 Å². The summed E-state index contributed by atoms with van der Waals surface area (Å²) in [4.78, 5) is 22.5. The van der Waals surface area contributed by atoms with Crippen molar-refractivity contribution in [3.8, 4) is 11.8 Å². The molecule has 0 radical (unpaired) electrons. The van der Waals surface area contributed by atoms with Gasteiger partial charge in [-0.05, 0) is 85.9 Å². The quantitative estimate of drug-likeness (QED) is 0.334. The van der Waals surface area contributed by atoms with Crippen molar-refractivity contribution in [2.75, 3.05) is 37.3 Å². The Morgan fingerprint density at radius 1 is 0.951 bits per heavy atom. The fourth-order valence-corrected chi connectivity index (χ4v) is 6.20. The molecule has 2 aliphatic rings. The molecule has 0 spiro atoms. The Balaban J connectivity index is 1.05. The minimum Gasteiger partial charge on any atom is -0.490 e. The third kappa shape index (κ3) is 7.72. The number of anilines is 1. The van der Waals surface area contributed by atoms with Crippen LogP contribution in [0.1, 0.15) is 53.6 Å². The number of aromatic nitrogens is 1. The molecule has 41 heavy (non-hydrogen) atoms. The van der Waals surface area contributed by atoms with Gasteiger partial charge in [0.15, 0.2) is 15.6 Å². The van der Waals surface area contributed by atoms with Gasteiger partial charge in [0.1, 0.15) is 17.7 Å². The maximum Gasteiger partial charge on any atom is 0.175 e. The average Bonchev–Trinajstić information content (AvgIpc) is 2.99. The lowest BCUT2D eigenvalue weighted by molar-refractivity contribution is 0.0924. The number of likely N-dealkylation sites (tertiary alicyclic amines) is 1. The Hall–Kier alpha value is -3.74. The van der Waals surface area contributed by atoms with Crippen LogP contribution >= 0.6 is 0 Å². The second-order valence-corrected chi connectivity index (χ2v) is 13.1. The molecule has 3 heterocycles. The standard InChI is InChI=1S/C32H36N4O4S/c1-41(38,39)30-9-7-28(8-10-30)40-29-14-18-36(19-15-29)32-11-6-27(22-34-32)31(37)20-24-12-16-35(17-13-24)23-26-4-2-25(21-33)3-5-26/h2-11,22,24,29H,12-20,23H2,1H3. The normalized spacial score (nSPS) is 17.2. The summed E-state index contributed by atoms with van der Waals surface area (Å²) in [5.41, 5.74) is 2.56. The van der Waals surface area contributed by atoms with E-state index < -0.39 is 9.84 Å². The van der Waals surface area contributed by atoms with Crippen molar-refractivity contribution in [1.29, 1.82) is 5.26 Å². The first kappa shape index (κ1) is 28.8. The number of carbonyl (C=O) groups is 1. The molecule has 1 aromatic heterocycles. The minimum atomic E-state index is -3.22. The molecular weight excluding hydrogens is 536 g/mol. The molecule has 3 aromatic rings. The molecule has 0 amide bonds. The summed E-state index contributed by atoms with van der Waals surface area (Å²) in [6, 6.07) is 20.3. The number of rotatable bonds is 9. The zero-order chi connectivity index (χ0) is 28.8. The summed E-state index contributed by atoms with van der Waals surface area (Å²) in [5.74, 6) is 2.09. The minimum absolute atomic E-state index is 0.0618. The van der Waals surface area contributed by atoms with Crippen molar-refractivity contribution in [3.05, 3.63) is 83.6 Å². The number of sulfone groups is 1. The van der Waals surface area contributed by atoms with Crippen LogP contribution in [0.15, 0.2) is 71.8 Å². The van der Waals surface area contributed by atoms with Gasteiger partial charge in [0, 0.05) is 56.9 Å². The van der Waals surface area contributed by atoms with Crippen LogP contribution in [0.3, 0.4) is 0 Å². The molecule has 214 valence electrons. The average molecular weight is 573 g/mol. The number of benzene rings is 2. The molecule has 9 heteroatoms. The topological polar surface area (TPSA) is 104 Å². The predicted octanol–water partition coefficient (Wildman–Crippen LogP) is 4.89. The summed E-state index contributed by atoms with van der Waals surface area (Å²) in [5, 5.41) is 8.97. The van der Waals surface area contributed by atoms with E-state index in [1.807, 2.05) is 36.4 Å². The van der Waals surface area contributed by atoms with Crippen molar-refractivity contribution in [2.45, 2.75) is 49.6 Å².